The van der Waals surface area contributed by atoms with Crippen LogP contribution >= 0.6 is 0 Å². The summed E-state index contributed by atoms with van der Waals surface area (Å²) in [6.45, 7) is 2.73. The predicted molar refractivity (Wildman–Crippen MR) is 70.4 cm³/mol. The highest BCUT2D eigenvalue weighted by Crippen LogP contribution is 2.02. The molecular weight excluding hydrogens is 248 g/mol. The van der Waals surface area contributed by atoms with Crippen molar-refractivity contribution in [2.24, 2.45) is 0 Å². The van der Waals surface area contributed by atoms with E-state index in [1.165, 1.54) is 13.8 Å². The molecule has 0 bridgehead atoms. The largest absolute Gasteiger partial charge is 0.359 e. The minimum Gasteiger partial charge on any atom is -0.359 e. The Hall–Kier alpha value is -1.72. The number of amides is 2. The van der Waals surface area contributed by atoms with E-state index in [0.29, 0.717) is 19.3 Å². The normalized spacial score (nSPS) is 11.5. The van der Waals surface area contributed by atoms with Gasteiger partial charge in [-0.15, -0.1) is 0 Å². The van der Waals surface area contributed by atoms with Crippen molar-refractivity contribution in [1.29, 1.82) is 0 Å². The number of hydrogen-bond acceptors (Lipinski definition) is 4. The van der Waals surface area contributed by atoms with Crippen molar-refractivity contribution in [3.63, 3.8) is 0 Å². The molecule has 0 aliphatic rings. The molecule has 0 spiro atoms. The fourth-order valence-electron chi connectivity index (χ4n) is 1.55. The molecule has 0 aromatic rings. The lowest BCUT2D eigenvalue weighted by Crippen LogP contribution is -2.40. The Bertz CT molecular complexity index is 353. The van der Waals surface area contributed by atoms with Crippen molar-refractivity contribution < 1.29 is 19.2 Å². The molecule has 0 saturated carbocycles. The van der Waals surface area contributed by atoms with Crippen LogP contribution in [0.2, 0.25) is 0 Å². The molecule has 0 fully saturated rings. The van der Waals surface area contributed by atoms with Crippen LogP contribution in [-0.2, 0) is 19.2 Å². The van der Waals surface area contributed by atoms with E-state index in [9.17, 15) is 19.2 Å². The van der Waals surface area contributed by atoms with Crippen LogP contribution < -0.4 is 10.6 Å². The van der Waals surface area contributed by atoms with Gasteiger partial charge in [-0.2, -0.15) is 0 Å². The summed E-state index contributed by atoms with van der Waals surface area (Å²) in [5.74, 6) is -0.689. The molecule has 0 aromatic heterocycles. The summed E-state index contributed by atoms with van der Waals surface area (Å²) < 4.78 is 0. The van der Waals surface area contributed by atoms with Crippen molar-refractivity contribution in [3.8, 4) is 0 Å². The van der Waals surface area contributed by atoms with Gasteiger partial charge in [-0.3, -0.25) is 19.2 Å². The van der Waals surface area contributed by atoms with Gasteiger partial charge in [0.25, 0.3) is 0 Å². The van der Waals surface area contributed by atoms with Gasteiger partial charge in [0.1, 0.15) is 5.78 Å². The molecule has 0 aliphatic carbocycles. The molecule has 0 radical (unpaired) electrons. The van der Waals surface area contributed by atoms with E-state index in [4.69, 9.17) is 0 Å². The van der Waals surface area contributed by atoms with Gasteiger partial charge in [-0.05, 0) is 26.7 Å². The molecule has 0 unspecified atom stereocenters. The lowest BCUT2D eigenvalue weighted by molar-refractivity contribution is -0.129. The first-order valence-corrected chi connectivity index (χ1v) is 6.36. The zero-order chi connectivity index (χ0) is 14.8. The van der Waals surface area contributed by atoms with Crippen LogP contribution in [0, 0.1) is 0 Å². The zero-order valence-electron chi connectivity index (χ0n) is 11.7. The number of ketones is 2. The van der Waals surface area contributed by atoms with Gasteiger partial charge in [0.05, 0.1) is 6.04 Å². The molecule has 19 heavy (non-hydrogen) atoms. The Balaban J connectivity index is 3.97. The minimum atomic E-state index is -0.732. The van der Waals surface area contributed by atoms with Gasteiger partial charge in [-0.1, -0.05) is 0 Å². The fourth-order valence-corrected chi connectivity index (χ4v) is 1.55. The molecule has 108 valence electrons. The molecule has 2 N–H and O–H groups in total. The number of hydrogen-bond donors (Lipinski definition) is 2. The first-order chi connectivity index (χ1) is 8.86. The Morgan fingerprint density at radius 3 is 1.89 bits per heavy atom. The summed E-state index contributed by atoms with van der Waals surface area (Å²) >= 11 is 0. The molecular formula is C13H22N2O4. The van der Waals surface area contributed by atoms with E-state index < -0.39 is 6.04 Å². The van der Waals surface area contributed by atoms with Crippen LogP contribution in [0.25, 0.3) is 0 Å². The Kier molecular flexibility index (Phi) is 8.41. The highest BCUT2D eigenvalue weighted by Gasteiger charge is 2.18. The number of carbonyl (C=O) groups excluding carboxylic acids is 4. The van der Waals surface area contributed by atoms with E-state index in [-0.39, 0.29) is 36.2 Å². The number of unbranched alkanes of at least 4 members (excludes halogenated alkanes) is 1. The van der Waals surface area contributed by atoms with Crippen LogP contribution in [0.4, 0.5) is 0 Å². The van der Waals surface area contributed by atoms with Gasteiger partial charge < -0.3 is 10.6 Å². The van der Waals surface area contributed by atoms with E-state index in [0.717, 1.165) is 0 Å². The van der Waals surface area contributed by atoms with Crippen LogP contribution in [0.3, 0.4) is 0 Å². The lowest BCUT2D eigenvalue weighted by atomic mass is 10.1. The molecule has 0 aliphatic heterocycles. The van der Waals surface area contributed by atoms with Gasteiger partial charge >= 0.3 is 0 Å². The Labute approximate surface area is 113 Å². The second-order valence-corrected chi connectivity index (χ2v) is 4.52. The summed E-state index contributed by atoms with van der Waals surface area (Å²) in [5, 5.41) is 5.04. The zero-order valence-corrected chi connectivity index (χ0v) is 11.7. The van der Waals surface area contributed by atoms with Crippen molar-refractivity contribution in [2.75, 3.05) is 7.05 Å². The van der Waals surface area contributed by atoms with E-state index in [1.807, 2.05) is 0 Å². The average Bonchev–Trinajstić information content (AvgIpc) is 2.32. The molecule has 1 atom stereocenters. The van der Waals surface area contributed by atoms with E-state index in [2.05, 4.69) is 10.6 Å². The monoisotopic (exact) mass is 270 g/mol. The van der Waals surface area contributed by atoms with Gasteiger partial charge in [0.2, 0.25) is 11.8 Å². The van der Waals surface area contributed by atoms with Gasteiger partial charge in [-0.25, -0.2) is 0 Å². The SMILES string of the molecule is CNC(=O)CCCCC(=O)N[C@@H](CC(C)=O)C(C)=O. The third-order valence-corrected chi connectivity index (χ3v) is 2.65. The number of rotatable bonds is 9. The highest BCUT2D eigenvalue weighted by atomic mass is 16.2. The molecule has 6 nitrogen and oxygen atoms in total. The summed E-state index contributed by atoms with van der Waals surface area (Å²) in [7, 11) is 1.56. The maximum absolute atomic E-state index is 11.6. The first kappa shape index (κ1) is 17.3. The van der Waals surface area contributed by atoms with Crippen molar-refractivity contribution in [3.05, 3.63) is 0 Å². The van der Waals surface area contributed by atoms with Gasteiger partial charge in [0, 0.05) is 26.3 Å². The maximum Gasteiger partial charge on any atom is 0.220 e. The Morgan fingerprint density at radius 2 is 1.47 bits per heavy atom. The summed E-state index contributed by atoms with van der Waals surface area (Å²) in [5.41, 5.74) is 0. The minimum absolute atomic E-state index is 0.0271. The summed E-state index contributed by atoms with van der Waals surface area (Å²) in [6.07, 6.45) is 1.85. The van der Waals surface area contributed by atoms with Crippen molar-refractivity contribution in [2.45, 2.75) is 52.0 Å². The number of Topliss-reactive ketones (excluding diaryl/α,β-unsaturated/α-hetero) is 2. The third-order valence-electron chi connectivity index (χ3n) is 2.65. The van der Waals surface area contributed by atoms with Crippen LogP contribution in [-0.4, -0.2) is 36.5 Å². The standard InChI is InChI=1S/C13H22N2O4/c1-9(16)8-11(10(2)17)15-13(19)7-5-4-6-12(18)14-3/h11H,4-8H2,1-3H3,(H,14,18)(H,15,19)/t11-/m0/s1. The fraction of sp³-hybridized carbons (Fsp3) is 0.692. The average molecular weight is 270 g/mol. The molecule has 2 amide bonds. The Morgan fingerprint density at radius 1 is 0.947 bits per heavy atom. The quantitative estimate of drug-likeness (QED) is 0.591. The molecule has 0 rings (SSSR count). The third kappa shape index (κ3) is 8.93. The van der Waals surface area contributed by atoms with E-state index >= 15 is 0 Å². The molecule has 0 heterocycles. The van der Waals surface area contributed by atoms with Crippen LogP contribution in [0.15, 0.2) is 0 Å². The lowest BCUT2D eigenvalue weighted by Gasteiger charge is -2.14. The topological polar surface area (TPSA) is 92.3 Å². The summed E-state index contributed by atoms with van der Waals surface area (Å²) in [6, 6.07) is -0.732. The van der Waals surface area contributed by atoms with Crippen molar-refractivity contribution >= 4 is 23.4 Å². The molecule has 6 heteroatoms. The van der Waals surface area contributed by atoms with Crippen molar-refractivity contribution in [1.82, 2.24) is 10.6 Å². The van der Waals surface area contributed by atoms with Crippen LogP contribution in [0.1, 0.15) is 46.0 Å². The smallest absolute Gasteiger partial charge is 0.220 e. The summed E-state index contributed by atoms with van der Waals surface area (Å²) in [4.78, 5) is 44.7. The second kappa shape index (κ2) is 9.24. The highest BCUT2D eigenvalue weighted by molar-refractivity contribution is 5.91. The molecule has 0 aromatic carbocycles. The van der Waals surface area contributed by atoms with Crippen LogP contribution in [0.5, 0.6) is 0 Å². The van der Waals surface area contributed by atoms with E-state index in [1.54, 1.807) is 7.05 Å². The molecule has 0 saturated heterocycles. The maximum atomic E-state index is 11.6. The second-order valence-electron chi connectivity index (χ2n) is 4.52. The number of carbonyl (C=O) groups is 4. The predicted octanol–water partition coefficient (Wildman–Crippen LogP) is 0.346. The first-order valence-electron chi connectivity index (χ1n) is 6.36. The number of nitrogens with one attached hydrogen (secondary N) is 2. The van der Waals surface area contributed by atoms with Gasteiger partial charge in [0.15, 0.2) is 5.78 Å².